The molecule has 0 fully saturated rings. The number of ketones is 1. The van der Waals surface area contributed by atoms with Crippen molar-refractivity contribution in [2.75, 3.05) is 0 Å². The van der Waals surface area contributed by atoms with Gasteiger partial charge in [0.25, 0.3) is 0 Å². The third-order valence-electron chi connectivity index (χ3n) is 0.993. The van der Waals surface area contributed by atoms with Crippen LogP contribution in [0.3, 0.4) is 0 Å². The average Bonchev–Trinajstić information content (AvgIpc) is 1.77. The van der Waals surface area contributed by atoms with E-state index in [1.165, 1.54) is 6.08 Å². The molecule has 0 aromatic carbocycles. The molecule has 1 nitrogen and oxygen atoms in total. The molecule has 0 N–H and O–H groups in total. The Morgan fingerprint density at radius 1 is 1.33 bits per heavy atom. The Morgan fingerprint density at radius 2 is 2.00 bits per heavy atom. The number of carbonyl (C=O) groups excluding carboxylic acids is 1. The molecule has 0 radical (unpaired) electrons. The number of hydrogen-bond donors (Lipinski definition) is 0. The lowest BCUT2D eigenvalue weighted by molar-refractivity contribution is -0.131. The van der Waals surface area contributed by atoms with Gasteiger partial charge in [0.1, 0.15) is 0 Å². The number of halogens is 2. The first-order valence-corrected chi connectivity index (χ1v) is 2.41. The van der Waals surface area contributed by atoms with Crippen molar-refractivity contribution in [2.45, 2.75) is 5.92 Å². The fourth-order valence-corrected chi connectivity index (χ4v) is 0.513. The van der Waals surface area contributed by atoms with Crippen molar-refractivity contribution in [1.29, 1.82) is 0 Å². The van der Waals surface area contributed by atoms with E-state index in [2.05, 4.69) is 0 Å². The predicted molar refractivity (Wildman–Crippen MR) is 28.2 cm³/mol. The lowest BCUT2D eigenvalue weighted by atomic mass is 10.1. The minimum absolute atomic E-state index is 0.579. The summed E-state index contributed by atoms with van der Waals surface area (Å²) in [5.41, 5.74) is 0. The smallest absolute Gasteiger partial charge is 0.288 e. The van der Waals surface area contributed by atoms with E-state index in [-0.39, 0.29) is 0 Å². The second-order valence-corrected chi connectivity index (χ2v) is 1.71. The van der Waals surface area contributed by atoms with Gasteiger partial charge in [0.15, 0.2) is 0 Å². The Hall–Kier alpha value is -0.990. The average molecular weight is 130 g/mol. The predicted octanol–water partition coefficient (Wildman–Crippen LogP) is 1.32. The van der Waals surface area contributed by atoms with Gasteiger partial charge in [-0.1, -0.05) is 12.2 Å². The highest BCUT2D eigenvalue weighted by molar-refractivity contribution is 5.98. The Kier molecular flexibility index (Phi) is 1.20. The molecule has 0 aliphatic heterocycles. The monoisotopic (exact) mass is 130 g/mol. The largest absolute Gasteiger partial charge is 0.327 e. The summed E-state index contributed by atoms with van der Waals surface area (Å²) in [5.74, 6) is -4.42. The second-order valence-electron chi connectivity index (χ2n) is 1.71. The summed E-state index contributed by atoms with van der Waals surface area (Å²) < 4.78 is 24.2. The Morgan fingerprint density at radius 3 is 2.33 bits per heavy atom. The molecule has 0 aromatic heterocycles. The highest BCUT2D eigenvalue weighted by Gasteiger charge is 2.34. The third-order valence-corrected chi connectivity index (χ3v) is 0.993. The molecule has 0 amide bonds. The maximum Gasteiger partial charge on any atom is 0.327 e. The molecule has 3 heteroatoms. The van der Waals surface area contributed by atoms with E-state index in [1.807, 2.05) is 0 Å². The summed E-state index contributed by atoms with van der Waals surface area (Å²) in [4.78, 5) is 10.2. The molecule has 0 bridgehead atoms. The maximum absolute atomic E-state index is 12.1. The van der Waals surface area contributed by atoms with Crippen LogP contribution in [0.15, 0.2) is 24.3 Å². The van der Waals surface area contributed by atoms with Crippen LogP contribution in [0, 0.1) is 0 Å². The zero-order chi connectivity index (χ0) is 6.91. The summed E-state index contributed by atoms with van der Waals surface area (Å²) >= 11 is 0. The summed E-state index contributed by atoms with van der Waals surface area (Å²) in [6, 6.07) is 0. The summed E-state index contributed by atoms with van der Waals surface area (Å²) in [7, 11) is 0. The number of allylic oxidation sites excluding steroid dienone is 4. The van der Waals surface area contributed by atoms with Gasteiger partial charge in [0, 0.05) is 0 Å². The molecule has 0 saturated carbocycles. The molecule has 0 saturated heterocycles. The van der Waals surface area contributed by atoms with Crippen LogP contribution >= 0.6 is 0 Å². The van der Waals surface area contributed by atoms with Gasteiger partial charge in [-0.2, -0.15) is 8.78 Å². The van der Waals surface area contributed by atoms with Gasteiger partial charge in [-0.15, -0.1) is 0 Å². The SMILES string of the molecule is O=C1C=CC=CC1(F)F. The number of rotatable bonds is 0. The van der Waals surface area contributed by atoms with Crippen molar-refractivity contribution in [3.05, 3.63) is 24.3 Å². The van der Waals surface area contributed by atoms with E-state index in [4.69, 9.17) is 0 Å². The lowest BCUT2D eigenvalue weighted by Crippen LogP contribution is -2.25. The standard InChI is InChI=1S/C6H4F2O/c7-6(8)4-2-1-3-5(6)9/h1-4H. The van der Waals surface area contributed by atoms with Crippen LogP contribution in [0.5, 0.6) is 0 Å². The van der Waals surface area contributed by atoms with Crippen LogP contribution in [0.25, 0.3) is 0 Å². The Bertz CT molecular complexity index is 191. The Balaban J connectivity index is 2.91. The summed E-state index contributed by atoms with van der Waals surface area (Å²) in [5, 5.41) is 0. The van der Waals surface area contributed by atoms with Gasteiger partial charge in [-0.05, 0) is 12.2 Å². The molecule has 0 heterocycles. The van der Waals surface area contributed by atoms with E-state index in [0.29, 0.717) is 6.08 Å². The van der Waals surface area contributed by atoms with Gasteiger partial charge < -0.3 is 0 Å². The molecular formula is C6H4F2O. The van der Waals surface area contributed by atoms with E-state index < -0.39 is 11.7 Å². The second kappa shape index (κ2) is 1.76. The van der Waals surface area contributed by atoms with Crippen molar-refractivity contribution in [3.8, 4) is 0 Å². The zero-order valence-electron chi connectivity index (χ0n) is 4.47. The maximum atomic E-state index is 12.1. The van der Waals surface area contributed by atoms with Crippen LogP contribution in [-0.4, -0.2) is 11.7 Å². The molecule has 9 heavy (non-hydrogen) atoms. The molecule has 0 spiro atoms. The minimum atomic E-state index is -3.27. The Labute approximate surface area is 50.7 Å². The molecule has 0 aromatic rings. The summed E-state index contributed by atoms with van der Waals surface area (Å²) in [6.45, 7) is 0. The highest BCUT2D eigenvalue weighted by Crippen LogP contribution is 2.19. The fraction of sp³-hybridized carbons (Fsp3) is 0.167. The third kappa shape index (κ3) is 1.04. The molecule has 0 atom stereocenters. The summed E-state index contributed by atoms with van der Waals surface area (Å²) in [6.07, 6.45) is 3.89. The number of alkyl halides is 2. The molecule has 1 aliphatic carbocycles. The highest BCUT2D eigenvalue weighted by atomic mass is 19.3. The fourth-order valence-electron chi connectivity index (χ4n) is 0.513. The zero-order valence-corrected chi connectivity index (χ0v) is 4.47. The van der Waals surface area contributed by atoms with Gasteiger partial charge in [0.2, 0.25) is 5.78 Å². The van der Waals surface area contributed by atoms with Gasteiger partial charge >= 0.3 is 5.92 Å². The van der Waals surface area contributed by atoms with Crippen molar-refractivity contribution < 1.29 is 13.6 Å². The van der Waals surface area contributed by atoms with E-state index in [1.54, 1.807) is 0 Å². The number of hydrogen-bond acceptors (Lipinski definition) is 1. The quantitative estimate of drug-likeness (QED) is 0.483. The van der Waals surface area contributed by atoms with Crippen LogP contribution in [0.4, 0.5) is 8.78 Å². The van der Waals surface area contributed by atoms with Gasteiger partial charge in [0.05, 0.1) is 0 Å². The molecular weight excluding hydrogens is 126 g/mol. The molecule has 1 aliphatic rings. The molecule has 1 rings (SSSR count). The van der Waals surface area contributed by atoms with Crippen LogP contribution < -0.4 is 0 Å². The van der Waals surface area contributed by atoms with Crippen molar-refractivity contribution >= 4 is 5.78 Å². The van der Waals surface area contributed by atoms with E-state index >= 15 is 0 Å². The topological polar surface area (TPSA) is 17.1 Å². The minimum Gasteiger partial charge on any atom is -0.288 e. The van der Waals surface area contributed by atoms with Crippen LogP contribution in [0.1, 0.15) is 0 Å². The number of carbonyl (C=O) groups is 1. The first kappa shape index (κ1) is 6.13. The molecule has 48 valence electrons. The van der Waals surface area contributed by atoms with Crippen molar-refractivity contribution in [1.82, 2.24) is 0 Å². The van der Waals surface area contributed by atoms with E-state index in [9.17, 15) is 13.6 Å². The first-order chi connectivity index (χ1) is 4.13. The normalized spacial score (nSPS) is 22.7. The van der Waals surface area contributed by atoms with Crippen LogP contribution in [-0.2, 0) is 4.79 Å². The van der Waals surface area contributed by atoms with Gasteiger partial charge in [-0.25, -0.2) is 0 Å². The van der Waals surface area contributed by atoms with Crippen LogP contribution in [0.2, 0.25) is 0 Å². The lowest BCUT2D eigenvalue weighted by Gasteiger charge is -2.08. The van der Waals surface area contributed by atoms with Crippen molar-refractivity contribution in [3.63, 3.8) is 0 Å². The van der Waals surface area contributed by atoms with E-state index in [0.717, 1.165) is 12.2 Å². The van der Waals surface area contributed by atoms with Gasteiger partial charge in [-0.3, -0.25) is 4.79 Å². The molecule has 0 unspecified atom stereocenters. The first-order valence-electron chi connectivity index (χ1n) is 2.41. The van der Waals surface area contributed by atoms with Crippen molar-refractivity contribution in [2.24, 2.45) is 0 Å².